The van der Waals surface area contributed by atoms with E-state index in [9.17, 15) is 0 Å². The molecule has 1 fully saturated rings. The molecule has 100 valence electrons. The summed E-state index contributed by atoms with van der Waals surface area (Å²) >= 11 is 4.04. The lowest BCUT2D eigenvalue weighted by Crippen LogP contribution is -2.34. The predicted octanol–water partition coefficient (Wildman–Crippen LogP) is 3.47. The molecule has 0 amide bonds. The van der Waals surface area contributed by atoms with Crippen LogP contribution < -0.4 is 5.73 Å². The van der Waals surface area contributed by atoms with Gasteiger partial charge in [0.2, 0.25) is 0 Å². The first-order valence-electron chi connectivity index (χ1n) is 6.59. The van der Waals surface area contributed by atoms with E-state index in [1.54, 1.807) is 0 Å². The Hall–Kier alpha value is -0.710. The fourth-order valence-electron chi connectivity index (χ4n) is 2.63. The highest BCUT2D eigenvalue weighted by atomic mass is 32.2. The fraction of sp³-hybridized carbons (Fsp3) is 0.400. The summed E-state index contributed by atoms with van der Waals surface area (Å²) in [5.74, 6) is 2.44. The van der Waals surface area contributed by atoms with Crippen LogP contribution in [0, 0.1) is 0 Å². The zero-order chi connectivity index (χ0) is 13.2. The van der Waals surface area contributed by atoms with Gasteiger partial charge in [0.1, 0.15) is 0 Å². The smallest absolute Gasteiger partial charge is 0.0447 e. The maximum absolute atomic E-state index is 6.55. The first-order valence-corrected chi connectivity index (χ1v) is 8.68. The van der Waals surface area contributed by atoms with Crippen molar-refractivity contribution in [3.63, 3.8) is 0 Å². The molecule has 2 nitrogen and oxygen atoms in total. The Morgan fingerprint density at radius 1 is 1.21 bits per heavy atom. The highest BCUT2D eigenvalue weighted by Gasteiger charge is 2.29. The lowest BCUT2D eigenvalue weighted by atomic mass is 9.98. The average molecular weight is 290 g/mol. The molecule has 3 rings (SSSR count). The molecule has 0 bridgehead atoms. The minimum Gasteiger partial charge on any atom is -0.323 e. The van der Waals surface area contributed by atoms with E-state index in [2.05, 4.69) is 30.1 Å². The van der Waals surface area contributed by atoms with Crippen LogP contribution >= 0.6 is 23.5 Å². The van der Waals surface area contributed by atoms with Gasteiger partial charge in [0.25, 0.3) is 0 Å². The summed E-state index contributed by atoms with van der Waals surface area (Å²) in [6.45, 7) is 2.29. The molecule has 4 heteroatoms. The molecule has 19 heavy (non-hydrogen) atoms. The van der Waals surface area contributed by atoms with Gasteiger partial charge < -0.3 is 5.73 Å². The summed E-state index contributed by atoms with van der Waals surface area (Å²) in [4.78, 5) is 4.36. The van der Waals surface area contributed by atoms with Gasteiger partial charge in [0, 0.05) is 45.8 Å². The number of pyridine rings is 1. The molecule has 1 aromatic heterocycles. The SMILES string of the molecule is CC1SCCSC1C(N)c1cncc2ccccc12. The van der Waals surface area contributed by atoms with Crippen molar-refractivity contribution >= 4 is 34.3 Å². The highest BCUT2D eigenvalue weighted by molar-refractivity contribution is 8.07. The Morgan fingerprint density at radius 3 is 2.84 bits per heavy atom. The molecule has 1 aliphatic rings. The van der Waals surface area contributed by atoms with Crippen LogP contribution in [0.1, 0.15) is 18.5 Å². The third-order valence-electron chi connectivity index (χ3n) is 3.65. The number of rotatable bonds is 2. The van der Waals surface area contributed by atoms with E-state index in [0.29, 0.717) is 10.5 Å². The molecule has 3 atom stereocenters. The number of fused-ring (bicyclic) bond motifs is 1. The summed E-state index contributed by atoms with van der Waals surface area (Å²) in [6, 6.07) is 8.44. The Kier molecular flexibility index (Phi) is 4.01. The molecule has 3 unspecified atom stereocenters. The summed E-state index contributed by atoms with van der Waals surface area (Å²) in [6.07, 6.45) is 3.86. The minimum absolute atomic E-state index is 0.0615. The van der Waals surface area contributed by atoms with Crippen molar-refractivity contribution in [2.75, 3.05) is 11.5 Å². The van der Waals surface area contributed by atoms with Gasteiger partial charge in [-0.15, -0.1) is 0 Å². The third kappa shape index (κ3) is 2.62. The average Bonchev–Trinajstić information content (AvgIpc) is 2.46. The molecule has 2 heterocycles. The van der Waals surface area contributed by atoms with Gasteiger partial charge in [-0.2, -0.15) is 23.5 Å². The molecular weight excluding hydrogens is 272 g/mol. The van der Waals surface area contributed by atoms with Crippen LogP contribution in [0.4, 0.5) is 0 Å². The molecule has 2 aromatic rings. The van der Waals surface area contributed by atoms with E-state index < -0.39 is 0 Å². The van der Waals surface area contributed by atoms with Gasteiger partial charge >= 0.3 is 0 Å². The molecule has 2 N–H and O–H groups in total. The third-order valence-corrected chi connectivity index (χ3v) is 6.86. The largest absolute Gasteiger partial charge is 0.323 e. The van der Waals surface area contributed by atoms with Gasteiger partial charge in [-0.1, -0.05) is 31.2 Å². The summed E-state index contributed by atoms with van der Waals surface area (Å²) in [5.41, 5.74) is 7.74. The van der Waals surface area contributed by atoms with E-state index in [0.717, 1.165) is 0 Å². The molecule has 0 saturated carbocycles. The van der Waals surface area contributed by atoms with Gasteiger partial charge in [0.15, 0.2) is 0 Å². The van der Waals surface area contributed by atoms with E-state index in [-0.39, 0.29) is 6.04 Å². The maximum atomic E-state index is 6.55. The summed E-state index contributed by atoms with van der Waals surface area (Å²) in [5, 5.41) is 3.50. The number of nitrogens with zero attached hydrogens (tertiary/aromatic N) is 1. The number of benzene rings is 1. The van der Waals surface area contributed by atoms with Crippen LogP contribution in [-0.2, 0) is 0 Å². The molecular formula is C15H18N2S2. The van der Waals surface area contributed by atoms with Crippen molar-refractivity contribution in [1.82, 2.24) is 4.98 Å². The zero-order valence-electron chi connectivity index (χ0n) is 11.0. The second-order valence-corrected chi connectivity index (χ2v) is 7.66. The van der Waals surface area contributed by atoms with Crippen molar-refractivity contribution in [3.8, 4) is 0 Å². The van der Waals surface area contributed by atoms with Crippen molar-refractivity contribution in [1.29, 1.82) is 0 Å². The van der Waals surface area contributed by atoms with E-state index in [1.165, 1.54) is 27.8 Å². The quantitative estimate of drug-likeness (QED) is 0.919. The molecule has 1 saturated heterocycles. The molecule has 0 radical (unpaired) electrons. The van der Waals surface area contributed by atoms with Crippen molar-refractivity contribution in [3.05, 3.63) is 42.2 Å². The first-order chi connectivity index (χ1) is 9.27. The molecule has 1 aliphatic heterocycles. The number of thioether (sulfide) groups is 2. The molecule has 0 aliphatic carbocycles. The van der Waals surface area contributed by atoms with Crippen LogP contribution in [-0.4, -0.2) is 27.0 Å². The van der Waals surface area contributed by atoms with Crippen molar-refractivity contribution < 1.29 is 0 Å². The molecule has 1 aromatic carbocycles. The maximum Gasteiger partial charge on any atom is 0.0447 e. The molecule has 0 spiro atoms. The summed E-state index contributed by atoms with van der Waals surface area (Å²) in [7, 11) is 0. The lowest BCUT2D eigenvalue weighted by molar-refractivity contribution is 0.666. The minimum atomic E-state index is 0.0615. The highest BCUT2D eigenvalue weighted by Crippen LogP contribution is 2.38. The number of hydrogen-bond acceptors (Lipinski definition) is 4. The predicted molar refractivity (Wildman–Crippen MR) is 86.8 cm³/mol. The standard InChI is InChI=1S/C15H18N2S2/c1-10-15(19-7-6-18-10)14(16)13-9-17-8-11-4-2-3-5-12(11)13/h2-5,8-10,14-15H,6-7,16H2,1H3. The van der Waals surface area contributed by atoms with Gasteiger partial charge in [0.05, 0.1) is 0 Å². The van der Waals surface area contributed by atoms with E-state index in [1.807, 2.05) is 42.0 Å². The van der Waals surface area contributed by atoms with Gasteiger partial charge in [-0.3, -0.25) is 4.98 Å². The summed E-state index contributed by atoms with van der Waals surface area (Å²) < 4.78 is 0. The second kappa shape index (κ2) is 5.73. The Bertz CT molecular complexity index is 568. The zero-order valence-corrected chi connectivity index (χ0v) is 12.6. The van der Waals surface area contributed by atoms with Gasteiger partial charge in [-0.05, 0) is 10.9 Å². The van der Waals surface area contributed by atoms with Crippen molar-refractivity contribution in [2.45, 2.75) is 23.5 Å². The fourth-order valence-corrected chi connectivity index (χ4v) is 5.50. The number of nitrogens with two attached hydrogens (primary N) is 1. The van der Waals surface area contributed by atoms with Crippen LogP contribution in [0.15, 0.2) is 36.7 Å². The van der Waals surface area contributed by atoms with Crippen LogP contribution in [0.2, 0.25) is 0 Å². The van der Waals surface area contributed by atoms with Crippen LogP contribution in [0.3, 0.4) is 0 Å². The van der Waals surface area contributed by atoms with E-state index >= 15 is 0 Å². The van der Waals surface area contributed by atoms with E-state index in [4.69, 9.17) is 5.73 Å². The van der Waals surface area contributed by atoms with Crippen molar-refractivity contribution in [2.24, 2.45) is 5.73 Å². The normalized spacial score (nSPS) is 25.4. The first kappa shape index (κ1) is 13.3. The monoisotopic (exact) mass is 290 g/mol. The Balaban J connectivity index is 1.99. The number of aromatic nitrogens is 1. The topological polar surface area (TPSA) is 38.9 Å². The Morgan fingerprint density at radius 2 is 2.00 bits per heavy atom. The lowest BCUT2D eigenvalue weighted by Gasteiger charge is -2.32. The van der Waals surface area contributed by atoms with Crippen LogP contribution in [0.5, 0.6) is 0 Å². The Labute approximate surface area is 122 Å². The number of hydrogen-bond donors (Lipinski definition) is 1. The second-order valence-electron chi connectivity index (χ2n) is 4.89. The van der Waals surface area contributed by atoms with Crippen LogP contribution in [0.25, 0.3) is 10.8 Å². The van der Waals surface area contributed by atoms with Gasteiger partial charge in [-0.25, -0.2) is 0 Å².